The number of ketones is 1. The largest absolute Gasteiger partial charge is 0.485 e. The second-order valence-electron chi connectivity index (χ2n) is 5.66. The molecule has 0 saturated heterocycles. The van der Waals surface area contributed by atoms with Crippen molar-refractivity contribution in [2.45, 2.75) is 6.61 Å². The van der Waals surface area contributed by atoms with Crippen LogP contribution in [0.25, 0.3) is 0 Å². The fourth-order valence-corrected chi connectivity index (χ4v) is 2.35. The van der Waals surface area contributed by atoms with E-state index in [1.54, 1.807) is 36.4 Å². The van der Waals surface area contributed by atoms with Gasteiger partial charge in [0.2, 0.25) is 0 Å². The molecule has 0 bridgehead atoms. The van der Waals surface area contributed by atoms with Crippen molar-refractivity contribution >= 4 is 11.8 Å². The summed E-state index contributed by atoms with van der Waals surface area (Å²) in [5.41, 5.74) is 1.97. The fourth-order valence-electron chi connectivity index (χ4n) is 2.35. The van der Waals surface area contributed by atoms with Crippen molar-refractivity contribution in [1.82, 2.24) is 0 Å². The second-order valence-corrected chi connectivity index (χ2v) is 5.66. The van der Waals surface area contributed by atoms with Gasteiger partial charge in [-0.1, -0.05) is 60.7 Å². The van der Waals surface area contributed by atoms with Crippen molar-refractivity contribution in [2.24, 2.45) is 0 Å². The Hall–Kier alpha value is -3.40. The fraction of sp³-hybridized carbons (Fsp3) is 0.0909. The molecule has 0 spiro atoms. The number of carbonyl (C=O) groups is 2. The monoisotopic (exact) mass is 346 g/mol. The van der Waals surface area contributed by atoms with Gasteiger partial charge in [0.1, 0.15) is 12.4 Å². The predicted octanol–water partition coefficient (Wildman–Crippen LogP) is 4.31. The summed E-state index contributed by atoms with van der Waals surface area (Å²) in [5.74, 6) is 0.0200. The zero-order valence-corrected chi connectivity index (χ0v) is 14.1. The molecule has 0 aromatic heterocycles. The van der Waals surface area contributed by atoms with Gasteiger partial charge in [-0.15, -0.1) is 0 Å². The van der Waals surface area contributed by atoms with Crippen molar-refractivity contribution in [3.8, 4) is 5.75 Å². The predicted molar refractivity (Wildman–Crippen MR) is 98.3 cm³/mol. The molecule has 0 amide bonds. The van der Waals surface area contributed by atoms with E-state index in [1.165, 1.54) is 0 Å². The molecule has 4 heteroatoms. The van der Waals surface area contributed by atoms with E-state index in [9.17, 15) is 9.59 Å². The maximum atomic E-state index is 12.1. The molecular formula is C22H18O4. The van der Waals surface area contributed by atoms with E-state index in [-0.39, 0.29) is 19.0 Å². The quantitative estimate of drug-likeness (QED) is 0.473. The molecule has 0 N–H and O–H groups in total. The molecule has 0 atom stereocenters. The van der Waals surface area contributed by atoms with Crippen molar-refractivity contribution in [3.05, 3.63) is 102 Å². The van der Waals surface area contributed by atoms with Crippen LogP contribution in [0.15, 0.2) is 84.9 Å². The Morgan fingerprint density at radius 2 is 1.31 bits per heavy atom. The zero-order valence-electron chi connectivity index (χ0n) is 14.1. The van der Waals surface area contributed by atoms with E-state index in [4.69, 9.17) is 9.47 Å². The molecule has 4 nitrogen and oxygen atoms in total. The van der Waals surface area contributed by atoms with Crippen LogP contribution in [-0.2, 0) is 11.3 Å². The van der Waals surface area contributed by atoms with Crippen molar-refractivity contribution in [1.29, 1.82) is 0 Å². The average Bonchev–Trinajstić information content (AvgIpc) is 2.72. The van der Waals surface area contributed by atoms with Gasteiger partial charge in [-0.2, -0.15) is 0 Å². The molecule has 0 saturated carbocycles. The van der Waals surface area contributed by atoms with Crippen LogP contribution in [0.4, 0.5) is 0 Å². The second kappa shape index (κ2) is 8.62. The molecule has 0 aliphatic rings. The maximum absolute atomic E-state index is 12.1. The topological polar surface area (TPSA) is 52.6 Å². The van der Waals surface area contributed by atoms with Gasteiger partial charge in [-0.3, -0.25) is 4.79 Å². The first-order valence-electron chi connectivity index (χ1n) is 8.24. The van der Waals surface area contributed by atoms with Crippen molar-refractivity contribution in [3.63, 3.8) is 0 Å². The lowest BCUT2D eigenvalue weighted by molar-refractivity contribution is 0.0472. The lowest BCUT2D eigenvalue weighted by Gasteiger charge is -2.07. The Labute approximate surface area is 152 Å². The smallest absolute Gasteiger partial charge is 0.338 e. The van der Waals surface area contributed by atoms with Crippen LogP contribution < -0.4 is 4.74 Å². The number of hydrogen-bond donors (Lipinski definition) is 0. The van der Waals surface area contributed by atoms with E-state index in [2.05, 4.69) is 0 Å². The summed E-state index contributed by atoms with van der Waals surface area (Å²) in [7, 11) is 0. The summed E-state index contributed by atoms with van der Waals surface area (Å²) in [4.78, 5) is 24.1. The van der Waals surface area contributed by atoms with Gasteiger partial charge in [-0.25, -0.2) is 4.79 Å². The molecule has 0 radical (unpaired) electrons. The van der Waals surface area contributed by atoms with Crippen LogP contribution in [-0.4, -0.2) is 18.4 Å². The number of carbonyl (C=O) groups excluding carboxylic acids is 2. The molecule has 0 aliphatic carbocycles. The van der Waals surface area contributed by atoms with E-state index in [1.807, 2.05) is 48.5 Å². The van der Waals surface area contributed by atoms with Gasteiger partial charge >= 0.3 is 5.97 Å². The Morgan fingerprint density at radius 3 is 1.96 bits per heavy atom. The molecule has 0 aliphatic heterocycles. The first kappa shape index (κ1) is 17.4. The molecular weight excluding hydrogens is 328 g/mol. The molecule has 26 heavy (non-hydrogen) atoms. The maximum Gasteiger partial charge on any atom is 0.338 e. The minimum atomic E-state index is -0.402. The van der Waals surface area contributed by atoms with Crippen LogP contribution in [0, 0.1) is 0 Å². The number of hydrogen-bond acceptors (Lipinski definition) is 4. The summed E-state index contributed by atoms with van der Waals surface area (Å²) < 4.78 is 10.8. The highest BCUT2D eigenvalue weighted by atomic mass is 16.5. The van der Waals surface area contributed by atoms with Gasteiger partial charge < -0.3 is 9.47 Å². The lowest BCUT2D eigenvalue weighted by atomic mass is 10.1. The van der Waals surface area contributed by atoms with Crippen LogP contribution in [0.2, 0.25) is 0 Å². The highest BCUT2D eigenvalue weighted by Crippen LogP contribution is 2.14. The minimum absolute atomic E-state index is 0.0538. The molecule has 3 aromatic rings. The van der Waals surface area contributed by atoms with Gasteiger partial charge in [0.05, 0.1) is 5.56 Å². The Kier molecular flexibility index (Phi) is 5.78. The van der Waals surface area contributed by atoms with Crippen LogP contribution in [0.5, 0.6) is 5.75 Å². The molecule has 130 valence electrons. The number of rotatable bonds is 7. The molecule has 0 heterocycles. The highest BCUT2D eigenvalue weighted by molar-refractivity contribution is 5.97. The normalized spacial score (nSPS) is 10.2. The Bertz CT molecular complexity index is 856. The Balaban J connectivity index is 1.51. The number of benzene rings is 3. The summed E-state index contributed by atoms with van der Waals surface area (Å²) in [6, 6.07) is 25.0. The van der Waals surface area contributed by atoms with E-state index in [0.717, 1.165) is 5.56 Å². The SMILES string of the molecule is O=C(COc1ccc(C(=O)OCc2ccccc2)cc1)c1ccccc1. The molecule has 0 unspecified atom stereocenters. The van der Waals surface area contributed by atoms with Gasteiger partial charge in [0.25, 0.3) is 0 Å². The number of Topliss-reactive ketones (excluding diaryl/α,β-unsaturated/α-hetero) is 1. The minimum Gasteiger partial charge on any atom is -0.485 e. The van der Waals surface area contributed by atoms with Gasteiger partial charge in [0.15, 0.2) is 12.4 Å². The molecule has 3 rings (SSSR count). The third-order valence-corrected chi connectivity index (χ3v) is 3.77. The highest BCUT2D eigenvalue weighted by Gasteiger charge is 2.09. The molecule has 0 fully saturated rings. The van der Waals surface area contributed by atoms with Crippen LogP contribution in [0.3, 0.4) is 0 Å². The van der Waals surface area contributed by atoms with Crippen LogP contribution >= 0.6 is 0 Å². The third-order valence-electron chi connectivity index (χ3n) is 3.77. The zero-order chi connectivity index (χ0) is 18.2. The van der Waals surface area contributed by atoms with E-state index < -0.39 is 5.97 Å². The number of ether oxygens (including phenoxy) is 2. The summed E-state index contributed by atoms with van der Waals surface area (Å²) >= 11 is 0. The first-order chi connectivity index (χ1) is 12.7. The van der Waals surface area contributed by atoms with Gasteiger partial charge in [0, 0.05) is 5.56 Å². The van der Waals surface area contributed by atoms with Crippen LogP contribution in [0.1, 0.15) is 26.3 Å². The number of esters is 1. The van der Waals surface area contributed by atoms with E-state index >= 15 is 0 Å². The lowest BCUT2D eigenvalue weighted by Crippen LogP contribution is -2.11. The van der Waals surface area contributed by atoms with Crippen molar-refractivity contribution in [2.75, 3.05) is 6.61 Å². The average molecular weight is 346 g/mol. The molecule has 3 aromatic carbocycles. The van der Waals surface area contributed by atoms with Crippen molar-refractivity contribution < 1.29 is 19.1 Å². The summed E-state index contributed by atoms with van der Waals surface area (Å²) in [6.07, 6.45) is 0. The summed E-state index contributed by atoms with van der Waals surface area (Å²) in [5, 5.41) is 0. The Morgan fingerprint density at radius 1 is 0.692 bits per heavy atom. The third kappa shape index (κ3) is 4.80. The first-order valence-corrected chi connectivity index (χ1v) is 8.24. The van der Waals surface area contributed by atoms with E-state index in [0.29, 0.717) is 16.9 Å². The summed E-state index contributed by atoms with van der Waals surface area (Å²) in [6.45, 7) is 0.172. The standard InChI is InChI=1S/C22H18O4/c23-21(18-9-5-2-6-10-18)16-25-20-13-11-19(12-14-20)22(24)26-15-17-7-3-1-4-8-17/h1-14H,15-16H2. The van der Waals surface area contributed by atoms with Gasteiger partial charge in [-0.05, 0) is 29.8 Å².